The Bertz CT molecular complexity index is 1050. The number of morpholine rings is 1. The summed E-state index contributed by atoms with van der Waals surface area (Å²) in [5.74, 6) is -0.445. The van der Waals surface area contributed by atoms with E-state index in [9.17, 15) is 14.4 Å². The zero-order valence-electron chi connectivity index (χ0n) is 20.3. The van der Waals surface area contributed by atoms with Crippen LogP contribution in [0.3, 0.4) is 0 Å². The molecule has 1 aliphatic rings. The van der Waals surface area contributed by atoms with Gasteiger partial charge in [-0.1, -0.05) is 43.7 Å². The summed E-state index contributed by atoms with van der Waals surface area (Å²) in [7, 11) is 0. The minimum Gasteiger partial charge on any atom is -0.484 e. The average Bonchev–Trinajstić information content (AvgIpc) is 2.86. The SMILES string of the molecule is Cc1ccc(C(=O)N[C@@H](C(=O)N/N=C/c2cccc(OCC(=O)N3CCOCC3)c2)C(C)C)cc1. The number of amides is 3. The minimum atomic E-state index is -0.748. The van der Waals surface area contributed by atoms with Gasteiger partial charge in [-0.15, -0.1) is 0 Å². The highest BCUT2D eigenvalue weighted by Crippen LogP contribution is 2.13. The van der Waals surface area contributed by atoms with Crippen molar-refractivity contribution in [3.05, 3.63) is 65.2 Å². The summed E-state index contributed by atoms with van der Waals surface area (Å²) in [5, 5.41) is 6.80. The van der Waals surface area contributed by atoms with Gasteiger partial charge in [-0.2, -0.15) is 5.10 Å². The highest BCUT2D eigenvalue weighted by molar-refractivity contribution is 5.97. The molecule has 0 saturated carbocycles. The first-order valence-corrected chi connectivity index (χ1v) is 11.6. The summed E-state index contributed by atoms with van der Waals surface area (Å²) < 4.78 is 10.9. The van der Waals surface area contributed by atoms with Crippen LogP contribution in [0.4, 0.5) is 0 Å². The number of carbonyl (C=O) groups is 3. The highest BCUT2D eigenvalue weighted by Gasteiger charge is 2.24. The summed E-state index contributed by atoms with van der Waals surface area (Å²) in [5.41, 5.74) is 4.72. The molecule has 35 heavy (non-hydrogen) atoms. The van der Waals surface area contributed by atoms with E-state index in [1.54, 1.807) is 41.3 Å². The van der Waals surface area contributed by atoms with Crippen molar-refractivity contribution in [1.29, 1.82) is 0 Å². The molecule has 0 aliphatic carbocycles. The van der Waals surface area contributed by atoms with Gasteiger partial charge in [0.2, 0.25) is 0 Å². The molecule has 9 heteroatoms. The zero-order chi connectivity index (χ0) is 25.2. The molecule has 1 aliphatic heterocycles. The Morgan fingerprint density at radius 1 is 1.11 bits per heavy atom. The normalized spacial score (nSPS) is 14.6. The molecule has 3 amide bonds. The Morgan fingerprint density at radius 3 is 2.51 bits per heavy atom. The fourth-order valence-electron chi connectivity index (χ4n) is 3.44. The first kappa shape index (κ1) is 25.9. The van der Waals surface area contributed by atoms with Crippen LogP contribution in [0.15, 0.2) is 53.6 Å². The van der Waals surface area contributed by atoms with Crippen molar-refractivity contribution in [3.8, 4) is 5.75 Å². The van der Waals surface area contributed by atoms with E-state index >= 15 is 0 Å². The number of hydrogen-bond donors (Lipinski definition) is 2. The van der Waals surface area contributed by atoms with E-state index in [2.05, 4.69) is 15.8 Å². The maximum absolute atomic E-state index is 12.7. The zero-order valence-corrected chi connectivity index (χ0v) is 20.3. The predicted octanol–water partition coefficient (Wildman–Crippen LogP) is 2.14. The number of rotatable bonds is 9. The van der Waals surface area contributed by atoms with Crippen LogP contribution >= 0.6 is 0 Å². The van der Waals surface area contributed by atoms with Gasteiger partial charge in [-0.3, -0.25) is 14.4 Å². The molecule has 1 heterocycles. The van der Waals surface area contributed by atoms with E-state index in [-0.39, 0.29) is 24.3 Å². The summed E-state index contributed by atoms with van der Waals surface area (Å²) in [6.07, 6.45) is 1.48. The molecule has 0 bridgehead atoms. The van der Waals surface area contributed by atoms with E-state index in [0.717, 1.165) is 5.56 Å². The number of ether oxygens (including phenoxy) is 2. The van der Waals surface area contributed by atoms with Crippen LogP contribution in [-0.2, 0) is 14.3 Å². The second-order valence-electron chi connectivity index (χ2n) is 8.65. The summed E-state index contributed by atoms with van der Waals surface area (Å²) in [6.45, 7) is 7.79. The van der Waals surface area contributed by atoms with Crippen LogP contribution in [0.5, 0.6) is 5.75 Å². The molecule has 0 aromatic heterocycles. The number of nitrogens with zero attached hydrogens (tertiary/aromatic N) is 2. The average molecular weight is 481 g/mol. The van der Waals surface area contributed by atoms with Crippen molar-refractivity contribution in [2.45, 2.75) is 26.8 Å². The lowest BCUT2D eigenvalue weighted by molar-refractivity contribution is -0.137. The van der Waals surface area contributed by atoms with Crippen molar-refractivity contribution in [2.75, 3.05) is 32.9 Å². The Morgan fingerprint density at radius 2 is 1.83 bits per heavy atom. The highest BCUT2D eigenvalue weighted by atomic mass is 16.5. The van der Waals surface area contributed by atoms with Crippen molar-refractivity contribution in [3.63, 3.8) is 0 Å². The van der Waals surface area contributed by atoms with Gasteiger partial charge < -0.3 is 19.7 Å². The molecule has 186 valence electrons. The van der Waals surface area contributed by atoms with Crippen molar-refractivity contribution < 1.29 is 23.9 Å². The number of carbonyl (C=O) groups excluding carboxylic acids is 3. The number of hydrazone groups is 1. The Labute approximate surface area is 205 Å². The van der Waals surface area contributed by atoms with Gasteiger partial charge in [-0.25, -0.2) is 5.43 Å². The van der Waals surface area contributed by atoms with Crippen molar-refractivity contribution in [1.82, 2.24) is 15.6 Å². The molecule has 0 radical (unpaired) electrons. The van der Waals surface area contributed by atoms with Gasteiger partial charge in [0, 0.05) is 18.7 Å². The molecule has 2 aromatic carbocycles. The third-order valence-corrected chi connectivity index (χ3v) is 5.52. The van der Waals surface area contributed by atoms with E-state index in [1.807, 2.05) is 32.9 Å². The molecule has 9 nitrogen and oxygen atoms in total. The van der Waals surface area contributed by atoms with E-state index < -0.39 is 11.9 Å². The van der Waals surface area contributed by atoms with Gasteiger partial charge in [-0.05, 0) is 42.7 Å². The van der Waals surface area contributed by atoms with Gasteiger partial charge in [0.1, 0.15) is 11.8 Å². The molecule has 1 saturated heterocycles. The standard InChI is InChI=1S/C26H32N4O5/c1-18(2)24(28-25(32)21-9-7-19(3)8-10-21)26(33)29-27-16-20-5-4-6-22(15-20)35-17-23(31)30-11-13-34-14-12-30/h4-10,15-16,18,24H,11-14,17H2,1-3H3,(H,28,32)(H,29,33)/b27-16+/t24-/m1/s1. The van der Waals surface area contributed by atoms with E-state index in [0.29, 0.717) is 43.2 Å². The van der Waals surface area contributed by atoms with Gasteiger partial charge in [0.25, 0.3) is 17.7 Å². The topological polar surface area (TPSA) is 109 Å². The van der Waals surface area contributed by atoms with Crippen LogP contribution < -0.4 is 15.5 Å². The fourth-order valence-corrected chi connectivity index (χ4v) is 3.44. The van der Waals surface area contributed by atoms with E-state index in [1.165, 1.54) is 6.21 Å². The smallest absolute Gasteiger partial charge is 0.262 e. The van der Waals surface area contributed by atoms with E-state index in [4.69, 9.17) is 9.47 Å². The monoisotopic (exact) mass is 480 g/mol. The van der Waals surface area contributed by atoms with Crippen LogP contribution in [0, 0.1) is 12.8 Å². The molecule has 1 fully saturated rings. The molecule has 1 atom stereocenters. The predicted molar refractivity (Wildman–Crippen MR) is 132 cm³/mol. The molecular formula is C26H32N4O5. The lowest BCUT2D eigenvalue weighted by Gasteiger charge is -2.26. The fraction of sp³-hybridized carbons (Fsp3) is 0.385. The Kier molecular flexibility index (Phi) is 9.37. The first-order valence-electron chi connectivity index (χ1n) is 11.6. The molecule has 3 rings (SSSR count). The number of aryl methyl sites for hydroxylation is 1. The molecule has 2 aromatic rings. The van der Waals surface area contributed by atoms with Gasteiger partial charge in [0.15, 0.2) is 6.61 Å². The quantitative estimate of drug-likeness (QED) is 0.422. The summed E-state index contributed by atoms with van der Waals surface area (Å²) in [4.78, 5) is 39.2. The van der Waals surface area contributed by atoms with Gasteiger partial charge in [0.05, 0.1) is 19.4 Å². The number of nitrogens with one attached hydrogen (secondary N) is 2. The number of hydrogen-bond acceptors (Lipinski definition) is 6. The lowest BCUT2D eigenvalue weighted by Crippen LogP contribution is -2.48. The molecule has 0 unspecified atom stereocenters. The second-order valence-corrected chi connectivity index (χ2v) is 8.65. The first-order chi connectivity index (χ1) is 16.8. The third kappa shape index (κ3) is 7.92. The van der Waals surface area contributed by atoms with Gasteiger partial charge >= 0.3 is 0 Å². The summed E-state index contributed by atoms with van der Waals surface area (Å²) >= 11 is 0. The Hall–Kier alpha value is -3.72. The summed E-state index contributed by atoms with van der Waals surface area (Å²) in [6, 6.07) is 13.4. The molecular weight excluding hydrogens is 448 g/mol. The lowest BCUT2D eigenvalue weighted by atomic mass is 10.0. The van der Waals surface area contributed by atoms with Crippen LogP contribution in [-0.4, -0.2) is 67.8 Å². The third-order valence-electron chi connectivity index (χ3n) is 5.52. The largest absolute Gasteiger partial charge is 0.484 e. The van der Waals surface area contributed by atoms with Crippen LogP contribution in [0.25, 0.3) is 0 Å². The van der Waals surface area contributed by atoms with Crippen molar-refractivity contribution >= 4 is 23.9 Å². The number of benzene rings is 2. The minimum absolute atomic E-state index is 0.0614. The molecule has 2 N–H and O–H groups in total. The maximum Gasteiger partial charge on any atom is 0.262 e. The van der Waals surface area contributed by atoms with Crippen molar-refractivity contribution in [2.24, 2.45) is 11.0 Å². The Balaban J connectivity index is 1.53. The maximum atomic E-state index is 12.7. The van der Waals surface area contributed by atoms with Crippen LogP contribution in [0.2, 0.25) is 0 Å². The molecule has 0 spiro atoms. The van der Waals surface area contributed by atoms with Crippen LogP contribution in [0.1, 0.15) is 35.3 Å². The second kappa shape index (κ2) is 12.7.